The number of fused-ring (bicyclic) bond motifs is 7. The summed E-state index contributed by atoms with van der Waals surface area (Å²) in [6.07, 6.45) is 5.00. The Morgan fingerprint density at radius 3 is 1.40 bits per heavy atom. The number of imidazole rings is 1. The van der Waals surface area contributed by atoms with Gasteiger partial charge in [-0.15, -0.1) is 6.67 Å². The molecule has 1 aliphatic heterocycles. The zero-order chi connectivity index (χ0) is 39.1. The van der Waals surface area contributed by atoms with Gasteiger partial charge >= 0.3 is 0 Å². The predicted octanol–water partition coefficient (Wildman–Crippen LogP) is 13.5. The van der Waals surface area contributed by atoms with Crippen LogP contribution in [0, 0.1) is 6.67 Å². The number of aromatic nitrogens is 4. The van der Waals surface area contributed by atoms with E-state index in [4.69, 9.17) is 9.97 Å². The third kappa shape index (κ3) is 7.38. The Kier molecular flexibility index (Phi) is 11.7. The van der Waals surface area contributed by atoms with Crippen LogP contribution in [0.15, 0.2) is 128 Å². The molecule has 0 spiro atoms. The Bertz CT molecular complexity index is 2450. The molecule has 0 N–H and O–H groups in total. The van der Waals surface area contributed by atoms with Crippen LogP contribution in [0.5, 0.6) is 0 Å². The van der Waals surface area contributed by atoms with Crippen molar-refractivity contribution in [3.63, 3.8) is 0 Å². The summed E-state index contributed by atoms with van der Waals surface area (Å²) in [5.41, 5.74) is 13.3. The molecule has 3 heterocycles. The van der Waals surface area contributed by atoms with Gasteiger partial charge in [-0.05, 0) is 96.5 Å². The van der Waals surface area contributed by atoms with Gasteiger partial charge in [-0.25, -0.2) is 0 Å². The quantitative estimate of drug-likeness (QED) is 0.0901. The van der Waals surface area contributed by atoms with E-state index in [1.807, 2.05) is 12.1 Å². The average Bonchev–Trinajstić information content (AvgIpc) is 3.84. The summed E-state index contributed by atoms with van der Waals surface area (Å²) in [6, 6.07) is 39.1. The van der Waals surface area contributed by atoms with Crippen LogP contribution < -0.4 is 14.8 Å². The molecule has 7 heteroatoms. The second-order valence-electron chi connectivity index (χ2n) is 16.0. The molecule has 0 unspecified atom stereocenters. The van der Waals surface area contributed by atoms with Gasteiger partial charge in [-0.3, -0.25) is 9.97 Å². The summed E-state index contributed by atoms with van der Waals surface area (Å²) in [6.45, 7) is 20.7. The van der Waals surface area contributed by atoms with E-state index in [1.165, 1.54) is 55.8 Å². The molecule has 0 fully saturated rings. The van der Waals surface area contributed by atoms with E-state index in [0.29, 0.717) is 35.2 Å². The van der Waals surface area contributed by atoms with E-state index in [0.717, 1.165) is 21.8 Å². The van der Waals surface area contributed by atoms with Gasteiger partial charge in [0.05, 0.1) is 11.9 Å². The van der Waals surface area contributed by atoms with Gasteiger partial charge in [0.25, 0.3) is 0 Å². The molecule has 0 aliphatic carbocycles. The smallest absolute Gasteiger partial charge is 0.0803 e. The molecular weight excluding hydrogens is 882 g/mol. The van der Waals surface area contributed by atoms with Crippen LogP contribution in [0.3, 0.4) is 0 Å². The fourth-order valence-electron chi connectivity index (χ4n) is 8.14. The van der Waals surface area contributed by atoms with E-state index in [1.54, 1.807) is 18.6 Å². The molecule has 9 rings (SSSR count). The first-order valence-electron chi connectivity index (χ1n) is 19.9. The minimum absolute atomic E-state index is 0. The van der Waals surface area contributed by atoms with E-state index in [-0.39, 0.29) is 22.4 Å². The van der Waals surface area contributed by atoms with Crippen LogP contribution in [-0.2, 0) is 22.4 Å². The molecule has 0 saturated carbocycles. The van der Waals surface area contributed by atoms with Crippen LogP contribution >= 0.6 is 0 Å². The fraction of sp³-hybridized carbons (Fsp3) is 0.240. The van der Waals surface area contributed by atoms with Crippen LogP contribution in [-0.4, -0.2) is 15.0 Å². The number of anilines is 4. The second-order valence-corrected chi connectivity index (χ2v) is 16.0. The Morgan fingerprint density at radius 1 is 0.509 bits per heavy atom. The molecule has 293 valence electrons. The van der Waals surface area contributed by atoms with Crippen molar-refractivity contribution < 1.29 is 22.4 Å². The summed E-state index contributed by atoms with van der Waals surface area (Å²) >= 11 is 0. The molecule has 6 aromatic carbocycles. The minimum Gasteiger partial charge on any atom is -0.473 e. The summed E-state index contributed by atoms with van der Waals surface area (Å²) in [5, 5.41) is 4.62. The molecule has 57 heavy (non-hydrogen) atoms. The molecule has 0 bridgehead atoms. The number of nitrogens with zero attached hydrogens (tertiary/aromatic N) is 6. The fourth-order valence-corrected chi connectivity index (χ4v) is 8.14. The predicted molar refractivity (Wildman–Crippen MR) is 235 cm³/mol. The van der Waals surface area contributed by atoms with Crippen molar-refractivity contribution in [2.24, 2.45) is 0 Å². The van der Waals surface area contributed by atoms with Gasteiger partial charge in [0.15, 0.2) is 0 Å². The van der Waals surface area contributed by atoms with Crippen molar-refractivity contribution in [1.82, 2.24) is 19.9 Å². The van der Waals surface area contributed by atoms with E-state index >= 15 is 0 Å². The molecule has 0 amide bonds. The zero-order valence-corrected chi connectivity index (χ0v) is 36.2. The Hall–Kier alpha value is -5.27. The number of hydrogen-bond acceptors (Lipinski definition) is 5. The summed E-state index contributed by atoms with van der Waals surface area (Å²) in [4.78, 5) is 22.8. The van der Waals surface area contributed by atoms with Crippen molar-refractivity contribution in [3.05, 3.63) is 157 Å². The summed E-state index contributed by atoms with van der Waals surface area (Å²) in [7, 11) is 0. The number of para-hydroxylation sites is 4. The third-order valence-corrected chi connectivity index (χ3v) is 10.9. The van der Waals surface area contributed by atoms with Crippen LogP contribution in [0.25, 0.3) is 44.1 Å². The van der Waals surface area contributed by atoms with E-state index < -0.39 is 0 Å². The summed E-state index contributed by atoms with van der Waals surface area (Å²) < 4.78 is 0. The van der Waals surface area contributed by atoms with Gasteiger partial charge in [-0.1, -0.05) is 152 Å². The maximum atomic E-state index is 4.75. The molecular formula is C50H50AuN6-2. The number of hydrogen-bond donors (Lipinski definition) is 0. The Morgan fingerprint density at radius 2 is 0.947 bits per heavy atom. The molecule has 0 atom stereocenters. The van der Waals surface area contributed by atoms with Gasteiger partial charge in [0.1, 0.15) is 0 Å². The van der Waals surface area contributed by atoms with Gasteiger partial charge in [0, 0.05) is 57.5 Å². The van der Waals surface area contributed by atoms with Crippen molar-refractivity contribution in [3.8, 4) is 11.5 Å². The molecule has 8 aromatic rings. The summed E-state index contributed by atoms with van der Waals surface area (Å²) in [5.74, 6) is 2.41. The van der Waals surface area contributed by atoms with Gasteiger partial charge in [0.2, 0.25) is 0 Å². The first-order chi connectivity index (χ1) is 27.1. The first kappa shape index (κ1) is 39.9. The first-order valence-corrected chi connectivity index (χ1v) is 19.9. The molecule has 1 aliphatic rings. The Labute approximate surface area is 352 Å². The third-order valence-electron chi connectivity index (χ3n) is 10.9. The normalized spacial score (nSPS) is 12.6. The van der Waals surface area contributed by atoms with E-state index in [2.05, 4.69) is 179 Å². The number of benzene rings is 6. The van der Waals surface area contributed by atoms with Gasteiger partial charge < -0.3 is 19.8 Å². The Balaban J connectivity index is 0.000000181. The molecule has 2 aromatic heterocycles. The zero-order valence-electron chi connectivity index (χ0n) is 34.0. The average molecular weight is 932 g/mol. The van der Waals surface area contributed by atoms with Crippen LogP contribution in [0.4, 0.5) is 22.7 Å². The standard InChI is InChI=1S/C31H39N2.C19H11N4.Au/c1-20(2)24-13-11-14-25(21(3)4)30(24)32-19-33(29-18-10-9-17-28(29)32)31-26(22(5)6)15-12-16-27(31)23(7)8;1-3-7-14-12(5-1)13-6-2-4-8-15(13)18-17(14)22-19(23-18)16-11-20-9-10-21-16;/h9-23H,1-8H3;1-11H;/q2*-1;. The maximum absolute atomic E-state index is 4.75. The minimum atomic E-state index is 0. The van der Waals surface area contributed by atoms with Crippen LogP contribution in [0.2, 0.25) is 0 Å². The molecule has 0 saturated heterocycles. The maximum Gasteiger partial charge on any atom is 0.0803 e. The SMILES string of the molecule is CC(C)c1cccc(C(C)C)c1N1[CH-]N(c2c(C(C)C)cccc2C(C)C)c2ccccc21.[Au].c1ccc2c(c1)c1ccccc1c1[n-]c(-c3cnccn3)nc21. The topological polar surface area (TPSA) is 59.2 Å². The monoisotopic (exact) mass is 931 g/mol. The second kappa shape index (κ2) is 16.7. The van der Waals surface area contributed by atoms with Crippen molar-refractivity contribution in [2.45, 2.75) is 79.1 Å². The van der Waals surface area contributed by atoms with Gasteiger partial charge in [-0.2, -0.15) is 0 Å². The van der Waals surface area contributed by atoms with Crippen molar-refractivity contribution in [1.29, 1.82) is 0 Å². The van der Waals surface area contributed by atoms with Crippen molar-refractivity contribution >= 4 is 55.3 Å². The molecule has 1 radical (unpaired) electrons. The number of rotatable bonds is 7. The van der Waals surface area contributed by atoms with Crippen molar-refractivity contribution in [2.75, 3.05) is 9.80 Å². The van der Waals surface area contributed by atoms with Crippen LogP contribution in [0.1, 0.15) is 101 Å². The van der Waals surface area contributed by atoms with E-state index in [9.17, 15) is 0 Å². The molecule has 6 nitrogen and oxygen atoms in total. The largest absolute Gasteiger partial charge is 0.473 e.